The van der Waals surface area contributed by atoms with Crippen LogP contribution >= 0.6 is 0 Å². The van der Waals surface area contributed by atoms with Crippen LogP contribution in [0, 0.1) is 0 Å². The number of hydrogen-bond donors (Lipinski definition) is 2. The molecule has 0 radical (unpaired) electrons. The molecule has 0 spiro atoms. The first-order valence-corrected chi connectivity index (χ1v) is 4.56. The van der Waals surface area contributed by atoms with Crippen molar-refractivity contribution in [1.82, 2.24) is 9.66 Å². The first kappa shape index (κ1) is 12.0. The molecule has 0 saturated carbocycles. The van der Waals surface area contributed by atoms with Crippen LogP contribution < -0.4 is 5.43 Å². The molecule has 0 aliphatic carbocycles. The molecule has 0 aromatic carbocycles. The minimum Gasteiger partial charge on any atom is -0.475 e. The molecule has 0 bridgehead atoms. The molecule has 0 atom stereocenters. The Balaban J connectivity index is 2.70. The molecule has 88 valence electrons. The van der Waals surface area contributed by atoms with E-state index in [-0.39, 0.29) is 5.82 Å². The van der Waals surface area contributed by atoms with Crippen molar-refractivity contribution in [3.05, 3.63) is 18.2 Å². The molecule has 1 heterocycles. The highest BCUT2D eigenvalue weighted by atomic mass is 16.6. The van der Waals surface area contributed by atoms with Crippen LogP contribution in [0.5, 0.6) is 0 Å². The second-order valence-corrected chi connectivity index (χ2v) is 4.04. The van der Waals surface area contributed by atoms with Crippen molar-refractivity contribution < 1.29 is 19.4 Å². The maximum absolute atomic E-state index is 11.3. The summed E-state index contributed by atoms with van der Waals surface area (Å²) in [5.74, 6) is -1.52. The van der Waals surface area contributed by atoms with Crippen LogP contribution in [0.25, 0.3) is 0 Å². The Kier molecular flexibility index (Phi) is 3.17. The van der Waals surface area contributed by atoms with E-state index in [1.54, 1.807) is 20.8 Å². The van der Waals surface area contributed by atoms with Gasteiger partial charge >= 0.3 is 12.1 Å². The van der Waals surface area contributed by atoms with Crippen molar-refractivity contribution in [3.63, 3.8) is 0 Å². The SMILES string of the molecule is CC(C)(C)OC(=O)Nn1ccnc1C(=O)O. The van der Waals surface area contributed by atoms with Gasteiger partial charge in [0.15, 0.2) is 0 Å². The summed E-state index contributed by atoms with van der Waals surface area (Å²) in [4.78, 5) is 25.6. The molecule has 1 rings (SSSR count). The predicted molar refractivity (Wildman–Crippen MR) is 54.8 cm³/mol. The number of ether oxygens (including phenoxy) is 1. The molecule has 16 heavy (non-hydrogen) atoms. The van der Waals surface area contributed by atoms with Crippen LogP contribution in [0.4, 0.5) is 4.79 Å². The van der Waals surface area contributed by atoms with Gasteiger partial charge in [-0.2, -0.15) is 0 Å². The third kappa shape index (κ3) is 3.26. The molecule has 7 heteroatoms. The first-order chi connectivity index (χ1) is 7.29. The Hall–Kier alpha value is -2.05. The van der Waals surface area contributed by atoms with E-state index in [1.165, 1.54) is 12.4 Å². The van der Waals surface area contributed by atoms with Crippen LogP contribution in [0.2, 0.25) is 0 Å². The Morgan fingerprint density at radius 3 is 2.62 bits per heavy atom. The van der Waals surface area contributed by atoms with Gasteiger partial charge in [-0.05, 0) is 20.8 Å². The van der Waals surface area contributed by atoms with Gasteiger partial charge in [-0.25, -0.2) is 24.7 Å². The van der Waals surface area contributed by atoms with Crippen LogP contribution in [0.15, 0.2) is 12.4 Å². The molecular weight excluding hydrogens is 214 g/mol. The molecule has 0 aliphatic rings. The fraction of sp³-hybridized carbons (Fsp3) is 0.444. The lowest BCUT2D eigenvalue weighted by atomic mass is 10.2. The van der Waals surface area contributed by atoms with Gasteiger partial charge in [-0.15, -0.1) is 0 Å². The molecule has 1 aromatic heterocycles. The summed E-state index contributed by atoms with van der Waals surface area (Å²) in [7, 11) is 0. The number of carboxylic acid groups (broad SMARTS) is 1. The van der Waals surface area contributed by atoms with Crippen molar-refractivity contribution in [2.24, 2.45) is 0 Å². The van der Waals surface area contributed by atoms with Gasteiger partial charge in [0, 0.05) is 12.4 Å². The third-order valence-electron chi connectivity index (χ3n) is 1.44. The lowest BCUT2D eigenvalue weighted by Crippen LogP contribution is -2.32. The van der Waals surface area contributed by atoms with E-state index in [4.69, 9.17) is 9.84 Å². The number of carboxylic acids is 1. The normalized spacial score (nSPS) is 10.9. The number of hydrogen-bond acceptors (Lipinski definition) is 4. The van der Waals surface area contributed by atoms with Crippen molar-refractivity contribution in [2.45, 2.75) is 26.4 Å². The largest absolute Gasteiger partial charge is 0.475 e. The van der Waals surface area contributed by atoms with Gasteiger partial charge in [-0.3, -0.25) is 0 Å². The topological polar surface area (TPSA) is 93.5 Å². The monoisotopic (exact) mass is 227 g/mol. The van der Waals surface area contributed by atoms with Gasteiger partial charge in [0.1, 0.15) is 5.60 Å². The number of carbonyl (C=O) groups is 2. The number of nitrogens with one attached hydrogen (secondary N) is 1. The van der Waals surface area contributed by atoms with E-state index in [0.29, 0.717) is 0 Å². The summed E-state index contributed by atoms with van der Waals surface area (Å²) >= 11 is 0. The standard InChI is InChI=1S/C9H13N3O4/c1-9(2,3)16-8(15)11-12-5-4-10-6(12)7(13)14/h4-5H,1-3H3,(H,11,15)(H,13,14). The van der Waals surface area contributed by atoms with Crippen LogP contribution in [-0.4, -0.2) is 32.4 Å². The zero-order valence-electron chi connectivity index (χ0n) is 9.22. The number of rotatable bonds is 2. The van der Waals surface area contributed by atoms with Crippen molar-refractivity contribution in [3.8, 4) is 0 Å². The van der Waals surface area contributed by atoms with Gasteiger partial charge in [0.25, 0.3) is 0 Å². The highest BCUT2D eigenvalue weighted by Gasteiger charge is 2.18. The lowest BCUT2D eigenvalue weighted by Gasteiger charge is -2.19. The van der Waals surface area contributed by atoms with Crippen LogP contribution in [0.1, 0.15) is 31.4 Å². The molecule has 0 fully saturated rings. The molecular formula is C9H13N3O4. The minimum absolute atomic E-state index is 0.286. The van der Waals surface area contributed by atoms with E-state index in [2.05, 4.69) is 10.4 Å². The molecule has 1 aromatic rings. The Labute approximate surface area is 92.0 Å². The fourth-order valence-corrected chi connectivity index (χ4v) is 0.951. The molecule has 0 saturated heterocycles. The summed E-state index contributed by atoms with van der Waals surface area (Å²) < 4.78 is 5.94. The van der Waals surface area contributed by atoms with Crippen molar-refractivity contribution in [1.29, 1.82) is 0 Å². The number of imidazole rings is 1. The zero-order valence-corrected chi connectivity index (χ0v) is 9.22. The van der Waals surface area contributed by atoms with Crippen molar-refractivity contribution in [2.75, 3.05) is 5.43 Å². The Morgan fingerprint density at radius 1 is 1.50 bits per heavy atom. The first-order valence-electron chi connectivity index (χ1n) is 4.56. The number of carbonyl (C=O) groups excluding carboxylic acids is 1. The fourth-order valence-electron chi connectivity index (χ4n) is 0.951. The number of aromatic nitrogens is 2. The molecule has 0 aliphatic heterocycles. The summed E-state index contributed by atoms with van der Waals surface area (Å²) in [6.45, 7) is 5.12. The van der Waals surface area contributed by atoms with Crippen LogP contribution in [0.3, 0.4) is 0 Å². The average molecular weight is 227 g/mol. The second-order valence-electron chi connectivity index (χ2n) is 4.04. The van der Waals surface area contributed by atoms with E-state index < -0.39 is 17.7 Å². The highest BCUT2D eigenvalue weighted by Crippen LogP contribution is 2.07. The van der Waals surface area contributed by atoms with Gasteiger partial charge in [0.05, 0.1) is 0 Å². The number of aromatic carboxylic acids is 1. The van der Waals surface area contributed by atoms with Gasteiger partial charge in [0.2, 0.25) is 5.82 Å². The third-order valence-corrected chi connectivity index (χ3v) is 1.44. The average Bonchev–Trinajstić information content (AvgIpc) is 2.47. The van der Waals surface area contributed by atoms with E-state index >= 15 is 0 Å². The van der Waals surface area contributed by atoms with Crippen molar-refractivity contribution >= 4 is 12.1 Å². The Bertz CT molecular complexity index is 405. The van der Waals surface area contributed by atoms with Crippen LogP contribution in [-0.2, 0) is 4.74 Å². The second kappa shape index (κ2) is 4.21. The summed E-state index contributed by atoms with van der Waals surface area (Å²) in [5, 5.41) is 8.72. The zero-order chi connectivity index (χ0) is 12.3. The molecule has 7 nitrogen and oxygen atoms in total. The van der Waals surface area contributed by atoms with Gasteiger partial charge in [-0.1, -0.05) is 0 Å². The quantitative estimate of drug-likeness (QED) is 0.787. The lowest BCUT2D eigenvalue weighted by molar-refractivity contribution is 0.0609. The number of amides is 1. The molecule has 2 N–H and O–H groups in total. The molecule has 0 unspecified atom stereocenters. The maximum atomic E-state index is 11.3. The highest BCUT2D eigenvalue weighted by molar-refractivity contribution is 5.85. The van der Waals surface area contributed by atoms with E-state index in [1.807, 2.05) is 0 Å². The summed E-state index contributed by atoms with van der Waals surface area (Å²) in [5.41, 5.74) is 1.60. The Morgan fingerprint density at radius 2 is 2.12 bits per heavy atom. The molecule has 1 amide bonds. The maximum Gasteiger partial charge on any atom is 0.427 e. The smallest absolute Gasteiger partial charge is 0.427 e. The van der Waals surface area contributed by atoms with Gasteiger partial charge < -0.3 is 9.84 Å². The van der Waals surface area contributed by atoms with E-state index in [0.717, 1.165) is 4.68 Å². The predicted octanol–water partition coefficient (Wildman–Crippen LogP) is 1.06. The summed E-state index contributed by atoms with van der Waals surface area (Å²) in [6.07, 6.45) is 1.83. The number of nitrogens with zero attached hydrogens (tertiary/aromatic N) is 2. The minimum atomic E-state index is -1.24. The van der Waals surface area contributed by atoms with E-state index in [9.17, 15) is 9.59 Å². The summed E-state index contributed by atoms with van der Waals surface area (Å²) in [6, 6.07) is 0.